The van der Waals surface area contributed by atoms with Crippen molar-refractivity contribution in [1.82, 2.24) is 0 Å². The molecule has 0 saturated heterocycles. The summed E-state index contributed by atoms with van der Waals surface area (Å²) in [7, 11) is 0. The van der Waals surface area contributed by atoms with E-state index in [1.807, 2.05) is 60.7 Å². The van der Waals surface area contributed by atoms with Gasteiger partial charge in [-0.2, -0.15) is 0 Å². The molecule has 0 spiro atoms. The Morgan fingerprint density at radius 3 is 1.92 bits per heavy atom. The van der Waals surface area contributed by atoms with E-state index in [-0.39, 0.29) is 5.56 Å². The van der Waals surface area contributed by atoms with Gasteiger partial charge >= 0.3 is 5.97 Å². The second-order valence-corrected chi connectivity index (χ2v) is 6.15. The van der Waals surface area contributed by atoms with Gasteiger partial charge in [-0.15, -0.1) is 0 Å². The van der Waals surface area contributed by atoms with Crippen molar-refractivity contribution in [3.8, 4) is 0 Å². The van der Waals surface area contributed by atoms with Crippen LogP contribution in [0.3, 0.4) is 0 Å². The molecule has 0 unspecified atom stereocenters. The van der Waals surface area contributed by atoms with Crippen LogP contribution in [-0.2, 0) is 4.74 Å². The van der Waals surface area contributed by atoms with Crippen LogP contribution in [0.2, 0.25) is 0 Å². The van der Waals surface area contributed by atoms with Crippen LogP contribution >= 0.6 is 15.9 Å². The molecule has 0 N–H and O–H groups in total. The zero-order valence-electron chi connectivity index (χ0n) is 12.7. The van der Waals surface area contributed by atoms with E-state index in [4.69, 9.17) is 4.74 Å². The van der Waals surface area contributed by atoms with E-state index in [1.165, 1.54) is 12.1 Å². The van der Waals surface area contributed by atoms with Crippen molar-refractivity contribution in [2.24, 2.45) is 0 Å². The fourth-order valence-corrected chi connectivity index (χ4v) is 2.74. The first-order chi connectivity index (χ1) is 11.6. The fourth-order valence-electron chi connectivity index (χ4n) is 2.41. The summed E-state index contributed by atoms with van der Waals surface area (Å²) in [4.78, 5) is 12.5. The van der Waals surface area contributed by atoms with Gasteiger partial charge < -0.3 is 4.74 Å². The lowest BCUT2D eigenvalue weighted by Crippen LogP contribution is -2.14. The molecule has 0 bridgehead atoms. The molecule has 0 fully saturated rings. The Labute approximate surface area is 148 Å². The van der Waals surface area contributed by atoms with E-state index in [1.54, 1.807) is 6.07 Å². The topological polar surface area (TPSA) is 26.3 Å². The summed E-state index contributed by atoms with van der Waals surface area (Å²) < 4.78 is 20.2. The van der Waals surface area contributed by atoms with Crippen molar-refractivity contribution >= 4 is 21.9 Å². The van der Waals surface area contributed by atoms with E-state index in [0.717, 1.165) is 11.1 Å². The highest BCUT2D eigenvalue weighted by atomic mass is 79.9. The highest BCUT2D eigenvalue weighted by Gasteiger charge is 2.22. The average molecular weight is 385 g/mol. The Bertz CT molecular complexity index is 795. The van der Waals surface area contributed by atoms with Crippen LogP contribution in [0.5, 0.6) is 0 Å². The molecule has 0 saturated carbocycles. The van der Waals surface area contributed by atoms with Gasteiger partial charge in [0.1, 0.15) is 5.82 Å². The first-order valence-electron chi connectivity index (χ1n) is 7.41. The Kier molecular flexibility index (Phi) is 5.06. The SMILES string of the molecule is O=C(OC(c1ccccc1)c1ccccc1)c1ccc(Br)cc1F. The average Bonchev–Trinajstić information content (AvgIpc) is 2.61. The number of carbonyl (C=O) groups excluding carboxylic acids is 1. The van der Waals surface area contributed by atoms with Gasteiger partial charge in [-0.1, -0.05) is 76.6 Å². The molecule has 24 heavy (non-hydrogen) atoms. The standard InChI is InChI=1S/C20H14BrFO2/c21-16-11-12-17(18(22)13-16)20(23)24-19(14-7-3-1-4-8-14)15-9-5-2-6-10-15/h1-13,19H. The Morgan fingerprint density at radius 1 is 0.875 bits per heavy atom. The Hall–Kier alpha value is -2.46. The second kappa shape index (κ2) is 7.41. The highest BCUT2D eigenvalue weighted by Crippen LogP contribution is 2.27. The molecular weight excluding hydrogens is 371 g/mol. The lowest BCUT2D eigenvalue weighted by molar-refractivity contribution is 0.0372. The maximum Gasteiger partial charge on any atom is 0.342 e. The summed E-state index contributed by atoms with van der Waals surface area (Å²) in [6.07, 6.45) is -0.594. The van der Waals surface area contributed by atoms with E-state index in [2.05, 4.69) is 15.9 Å². The van der Waals surface area contributed by atoms with Crippen molar-refractivity contribution < 1.29 is 13.9 Å². The van der Waals surface area contributed by atoms with Crippen LogP contribution in [0.25, 0.3) is 0 Å². The van der Waals surface area contributed by atoms with Crippen molar-refractivity contribution in [1.29, 1.82) is 0 Å². The minimum absolute atomic E-state index is 0.0879. The van der Waals surface area contributed by atoms with E-state index in [9.17, 15) is 9.18 Å². The van der Waals surface area contributed by atoms with Crippen LogP contribution in [0.1, 0.15) is 27.6 Å². The van der Waals surface area contributed by atoms with Gasteiger partial charge in [0, 0.05) is 4.47 Å². The predicted molar refractivity (Wildman–Crippen MR) is 94.2 cm³/mol. The molecule has 0 radical (unpaired) electrons. The lowest BCUT2D eigenvalue weighted by atomic mass is 10.0. The monoisotopic (exact) mass is 384 g/mol. The third kappa shape index (κ3) is 3.71. The fraction of sp³-hybridized carbons (Fsp3) is 0.0500. The van der Waals surface area contributed by atoms with Gasteiger partial charge in [-0.05, 0) is 29.3 Å². The maximum absolute atomic E-state index is 14.0. The van der Waals surface area contributed by atoms with Crippen LogP contribution in [0, 0.1) is 5.82 Å². The molecular formula is C20H14BrFO2. The summed E-state index contributed by atoms with van der Waals surface area (Å²) in [5, 5.41) is 0. The predicted octanol–water partition coefficient (Wildman–Crippen LogP) is 5.53. The normalized spacial score (nSPS) is 10.6. The molecule has 0 aliphatic rings. The molecule has 3 aromatic rings. The van der Waals surface area contributed by atoms with Gasteiger partial charge in [-0.3, -0.25) is 0 Å². The van der Waals surface area contributed by atoms with Crippen molar-refractivity contribution in [2.45, 2.75) is 6.10 Å². The molecule has 3 rings (SSSR count). The van der Waals surface area contributed by atoms with Crippen LogP contribution < -0.4 is 0 Å². The minimum Gasteiger partial charge on any atom is -0.449 e. The van der Waals surface area contributed by atoms with Gasteiger partial charge in [-0.25, -0.2) is 9.18 Å². The summed E-state index contributed by atoms with van der Waals surface area (Å²) in [6.45, 7) is 0. The molecule has 4 heteroatoms. The number of halogens is 2. The molecule has 0 aliphatic heterocycles. The third-order valence-electron chi connectivity index (χ3n) is 3.58. The first kappa shape index (κ1) is 16.4. The number of hydrogen-bond donors (Lipinski definition) is 0. The van der Waals surface area contributed by atoms with E-state index < -0.39 is 17.9 Å². The second-order valence-electron chi connectivity index (χ2n) is 5.23. The van der Waals surface area contributed by atoms with Crippen LogP contribution in [-0.4, -0.2) is 5.97 Å². The van der Waals surface area contributed by atoms with Gasteiger partial charge in [0.2, 0.25) is 0 Å². The lowest BCUT2D eigenvalue weighted by Gasteiger charge is -2.19. The number of esters is 1. The molecule has 120 valence electrons. The minimum atomic E-state index is -0.697. The molecule has 0 amide bonds. The van der Waals surface area contributed by atoms with Gasteiger partial charge in [0.05, 0.1) is 5.56 Å². The smallest absolute Gasteiger partial charge is 0.342 e. The third-order valence-corrected chi connectivity index (χ3v) is 4.07. The largest absolute Gasteiger partial charge is 0.449 e. The maximum atomic E-state index is 14.0. The summed E-state index contributed by atoms with van der Waals surface area (Å²) >= 11 is 3.18. The zero-order valence-corrected chi connectivity index (χ0v) is 14.2. The number of hydrogen-bond acceptors (Lipinski definition) is 2. The van der Waals surface area contributed by atoms with Crippen LogP contribution in [0.4, 0.5) is 4.39 Å². The molecule has 2 nitrogen and oxygen atoms in total. The zero-order chi connectivity index (χ0) is 16.9. The van der Waals surface area contributed by atoms with Gasteiger partial charge in [0.25, 0.3) is 0 Å². The molecule has 3 aromatic carbocycles. The summed E-state index contributed by atoms with van der Waals surface area (Å²) in [5.41, 5.74) is 1.57. The van der Waals surface area contributed by atoms with E-state index in [0.29, 0.717) is 4.47 Å². The molecule has 0 aromatic heterocycles. The number of rotatable bonds is 4. The number of benzene rings is 3. The van der Waals surface area contributed by atoms with Crippen molar-refractivity contribution in [3.05, 3.63) is 106 Å². The van der Waals surface area contributed by atoms with Crippen LogP contribution in [0.15, 0.2) is 83.3 Å². The summed E-state index contributed by atoms with van der Waals surface area (Å²) in [5.74, 6) is -1.31. The van der Waals surface area contributed by atoms with Crippen molar-refractivity contribution in [2.75, 3.05) is 0 Å². The Morgan fingerprint density at radius 2 is 1.42 bits per heavy atom. The van der Waals surface area contributed by atoms with Crippen molar-refractivity contribution in [3.63, 3.8) is 0 Å². The highest BCUT2D eigenvalue weighted by molar-refractivity contribution is 9.10. The number of ether oxygens (including phenoxy) is 1. The quantitative estimate of drug-likeness (QED) is 0.552. The number of carbonyl (C=O) groups is 1. The summed E-state index contributed by atoms with van der Waals surface area (Å²) in [6, 6.07) is 23.1. The molecule has 0 heterocycles. The molecule has 0 atom stereocenters. The first-order valence-corrected chi connectivity index (χ1v) is 8.20. The van der Waals surface area contributed by atoms with Gasteiger partial charge in [0.15, 0.2) is 6.10 Å². The van der Waals surface area contributed by atoms with E-state index >= 15 is 0 Å². The molecule has 0 aliphatic carbocycles. The Balaban J connectivity index is 1.94.